The summed E-state index contributed by atoms with van der Waals surface area (Å²) in [5, 5.41) is 0. The van der Waals surface area contributed by atoms with Gasteiger partial charge in [-0.15, -0.1) is 0 Å². The van der Waals surface area contributed by atoms with Gasteiger partial charge in [0.15, 0.2) is 5.58 Å². The molecule has 3 aromatic rings. The molecule has 24 heavy (non-hydrogen) atoms. The van der Waals surface area contributed by atoms with Crippen LogP contribution in [0.3, 0.4) is 0 Å². The number of rotatable bonds is 5. The minimum atomic E-state index is 0.0204. The fourth-order valence-corrected chi connectivity index (χ4v) is 2.56. The van der Waals surface area contributed by atoms with E-state index in [9.17, 15) is 0 Å². The van der Waals surface area contributed by atoms with Crippen LogP contribution in [0.25, 0.3) is 22.6 Å². The van der Waals surface area contributed by atoms with E-state index in [0.29, 0.717) is 5.89 Å². The second-order valence-electron chi connectivity index (χ2n) is 7.06. The summed E-state index contributed by atoms with van der Waals surface area (Å²) >= 11 is 0. The van der Waals surface area contributed by atoms with Crippen LogP contribution in [0.5, 0.6) is 0 Å². The van der Waals surface area contributed by atoms with Gasteiger partial charge in [0.25, 0.3) is 0 Å². The van der Waals surface area contributed by atoms with Crippen LogP contribution in [0, 0.1) is 0 Å². The maximum Gasteiger partial charge on any atom is 0.227 e. The molecule has 0 saturated heterocycles. The first-order chi connectivity index (χ1) is 11.5. The number of benzene rings is 2. The fraction of sp³-hybridized carbons (Fsp3) is 0.333. The normalized spacial score (nSPS) is 12.3. The summed E-state index contributed by atoms with van der Waals surface area (Å²) < 4.78 is 5.93. The first-order valence-corrected chi connectivity index (χ1v) is 8.50. The van der Waals surface area contributed by atoms with E-state index in [-0.39, 0.29) is 5.54 Å². The first-order valence-electron chi connectivity index (χ1n) is 8.50. The number of oxazole rings is 1. The number of hydrogen-bond donors (Lipinski definition) is 0. The minimum Gasteiger partial charge on any atom is -0.436 e. The molecule has 0 unspecified atom stereocenters. The van der Waals surface area contributed by atoms with Gasteiger partial charge in [-0.1, -0.05) is 24.3 Å². The molecule has 0 aliphatic rings. The zero-order valence-corrected chi connectivity index (χ0v) is 14.6. The zero-order valence-electron chi connectivity index (χ0n) is 14.6. The van der Waals surface area contributed by atoms with Gasteiger partial charge in [0.1, 0.15) is 5.52 Å². The SMILES string of the molecule is CC(C)(C)N=CCCCc1ccc2nc(-c3ccccc3)oc2c1. The highest BCUT2D eigenvalue weighted by atomic mass is 16.3. The Bertz CT molecular complexity index is 826. The van der Waals surface area contributed by atoms with Crippen molar-refractivity contribution in [2.24, 2.45) is 4.99 Å². The highest BCUT2D eigenvalue weighted by Crippen LogP contribution is 2.25. The first kappa shape index (κ1) is 16.4. The predicted octanol–water partition coefficient (Wildman–Crippen LogP) is 5.69. The number of aryl methyl sites for hydroxylation is 1. The Kier molecular flexibility index (Phi) is 4.79. The standard InChI is InChI=1S/C21H24N2O/c1-21(2,3)22-14-8-7-9-16-12-13-18-19(15-16)24-20(23-18)17-10-5-4-6-11-17/h4-6,10-15H,7-9H2,1-3H3. The molecule has 0 bridgehead atoms. The highest BCUT2D eigenvalue weighted by molar-refractivity contribution is 5.76. The molecule has 0 radical (unpaired) electrons. The molecule has 0 aliphatic carbocycles. The molecule has 0 aliphatic heterocycles. The summed E-state index contributed by atoms with van der Waals surface area (Å²) in [6, 6.07) is 16.3. The monoisotopic (exact) mass is 320 g/mol. The number of hydrogen-bond acceptors (Lipinski definition) is 3. The van der Waals surface area contributed by atoms with Gasteiger partial charge < -0.3 is 4.42 Å². The van der Waals surface area contributed by atoms with E-state index in [1.165, 1.54) is 5.56 Å². The van der Waals surface area contributed by atoms with Crippen molar-refractivity contribution < 1.29 is 4.42 Å². The summed E-state index contributed by atoms with van der Waals surface area (Å²) in [7, 11) is 0. The van der Waals surface area contributed by atoms with Crippen molar-refractivity contribution in [2.75, 3.05) is 0 Å². The molecule has 3 heteroatoms. The molecule has 0 spiro atoms. The van der Waals surface area contributed by atoms with Gasteiger partial charge in [0.05, 0.1) is 5.54 Å². The lowest BCUT2D eigenvalue weighted by Gasteiger charge is -2.10. The van der Waals surface area contributed by atoms with Gasteiger partial charge in [-0.2, -0.15) is 0 Å². The Morgan fingerprint density at radius 2 is 1.88 bits per heavy atom. The maximum absolute atomic E-state index is 5.93. The number of aromatic nitrogens is 1. The summed E-state index contributed by atoms with van der Waals surface area (Å²) in [6.07, 6.45) is 5.15. The van der Waals surface area contributed by atoms with Crippen LogP contribution in [-0.2, 0) is 6.42 Å². The Morgan fingerprint density at radius 3 is 2.62 bits per heavy atom. The van der Waals surface area contributed by atoms with Crippen molar-refractivity contribution in [2.45, 2.75) is 45.6 Å². The molecule has 2 aromatic carbocycles. The second-order valence-corrected chi connectivity index (χ2v) is 7.06. The molecule has 0 atom stereocenters. The highest BCUT2D eigenvalue weighted by Gasteiger charge is 2.08. The average molecular weight is 320 g/mol. The average Bonchev–Trinajstić information content (AvgIpc) is 2.97. The van der Waals surface area contributed by atoms with Crippen LogP contribution in [0.4, 0.5) is 0 Å². The molecule has 124 valence electrons. The topological polar surface area (TPSA) is 38.4 Å². The largest absolute Gasteiger partial charge is 0.436 e. The minimum absolute atomic E-state index is 0.0204. The second kappa shape index (κ2) is 7.00. The number of fused-ring (bicyclic) bond motifs is 1. The van der Waals surface area contributed by atoms with Gasteiger partial charge in [0, 0.05) is 5.56 Å². The van der Waals surface area contributed by atoms with Crippen LogP contribution in [0.1, 0.15) is 39.2 Å². The molecule has 1 aromatic heterocycles. The smallest absolute Gasteiger partial charge is 0.227 e. The third-order valence-corrected chi connectivity index (χ3v) is 3.75. The van der Waals surface area contributed by atoms with Gasteiger partial charge >= 0.3 is 0 Å². The Morgan fingerprint density at radius 1 is 1.08 bits per heavy atom. The van der Waals surface area contributed by atoms with Crippen LogP contribution in [0.15, 0.2) is 57.9 Å². The molecule has 3 rings (SSSR count). The number of unbranched alkanes of at least 4 members (excludes halogenated alkanes) is 1. The van der Waals surface area contributed by atoms with Crippen molar-refractivity contribution in [3.05, 3.63) is 54.1 Å². The molecule has 0 fully saturated rings. The third-order valence-electron chi connectivity index (χ3n) is 3.75. The zero-order chi connectivity index (χ0) is 17.0. The molecule has 3 nitrogen and oxygen atoms in total. The summed E-state index contributed by atoms with van der Waals surface area (Å²) in [5.41, 5.74) is 4.07. The van der Waals surface area contributed by atoms with E-state index >= 15 is 0 Å². The lowest BCUT2D eigenvalue weighted by atomic mass is 10.1. The van der Waals surface area contributed by atoms with E-state index < -0.39 is 0 Å². The molecule has 1 heterocycles. The van der Waals surface area contributed by atoms with Gasteiger partial charge in [0.2, 0.25) is 5.89 Å². The molecule has 0 saturated carbocycles. The molecular formula is C21H24N2O. The van der Waals surface area contributed by atoms with E-state index in [2.05, 4.69) is 42.9 Å². The van der Waals surface area contributed by atoms with Crippen molar-refractivity contribution in [1.29, 1.82) is 0 Å². The lowest BCUT2D eigenvalue weighted by Crippen LogP contribution is -2.09. The molecule has 0 N–H and O–H groups in total. The summed E-state index contributed by atoms with van der Waals surface area (Å²) in [6.45, 7) is 6.35. The maximum atomic E-state index is 5.93. The molecular weight excluding hydrogens is 296 g/mol. The van der Waals surface area contributed by atoms with Crippen molar-refractivity contribution in [1.82, 2.24) is 4.98 Å². The molecule has 0 amide bonds. The van der Waals surface area contributed by atoms with Crippen LogP contribution in [0.2, 0.25) is 0 Å². The predicted molar refractivity (Wildman–Crippen MR) is 101 cm³/mol. The fourth-order valence-electron chi connectivity index (χ4n) is 2.56. The Hall–Kier alpha value is -2.42. The number of nitrogens with zero attached hydrogens (tertiary/aromatic N) is 2. The van der Waals surface area contributed by atoms with Gasteiger partial charge in [-0.3, -0.25) is 4.99 Å². The summed E-state index contributed by atoms with van der Waals surface area (Å²) in [5.74, 6) is 0.681. The Balaban J connectivity index is 1.67. The van der Waals surface area contributed by atoms with Crippen LogP contribution >= 0.6 is 0 Å². The van der Waals surface area contributed by atoms with E-state index in [0.717, 1.165) is 35.9 Å². The van der Waals surface area contributed by atoms with E-state index in [1.54, 1.807) is 0 Å². The Labute approximate surface area is 143 Å². The van der Waals surface area contributed by atoms with Crippen molar-refractivity contribution >= 4 is 17.3 Å². The van der Waals surface area contributed by atoms with E-state index in [1.807, 2.05) is 42.6 Å². The van der Waals surface area contributed by atoms with Crippen LogP contribution < -0.4 is 0 Å². The van der Waals surface area contributed by atoms with Gasteiger partial charge in [-0.05, 0) is 76.1 Å². The quantitative estimate of drug-likeness (QED) is 0.447. The lowest BCUT2D eigenvalue weighted by molar-refractivity contribution is 0.584. The van der Waals surface area contributed by atoms with Crippen molar-refractivity contribution in [3.63, 3.8) is 0 Å². The van der Waals surface area contributed by atoms with Crippen molar-refractivity contribution in [3.8, 4) is 11.5 Å². The van der Waals surface area contributed by atoms with E-state index in [4.69, 9.17) is 4.42 Å². The summed E-state index contributed by atoms with van der Waals surface area (Å²) in [4.78, 5) is 9.09. The van der Waals surface area contributed by atoms with Crippen LogP contribution in [-0.4, -0.2) is 16.7 Å². The third kappa shape index (κ3) is 4.31. The number of aliphatic imine (C=N–C) groups is 1. The van der Waals surface area contributed by atoms with Gasteiger partial charge in [-0.25, -0.2) is 4.98 Å².